The number of hydrogen-bond acceptors (Lipinski definition) is 6. The zero-order chi connectivity index (χ0) is 23.2. The summed E-state index contributed by atoms with van der Waals surface area (Å²) in [6, 6.07) is 10.9. The standard InChI is InChI=1S/C24H26N4O3S2/c1-15(29)25-13-19-10-11-21(33-19)20-14-32-24(27-20)28-23(31)17-8-5-9-18(12-17)26-22(30)16-6-3-2-4-7-16/h5,8-12,14,16H,2-4,6-7,13H2,1H3,(H,25,29)(H,26,30)(H,27,28,31). The molecule has 0 unspecified atom stereocenters. The number of anilines is 2. The van der Waals surface area contributed by atoms with Gasteiger partial charge in [-0.3, -0.25) is 19.7 Å². The molecular formula is C24H26N4O3S2. The van der Waals surface area contributed by atoms with E-state index in [4.69, 9.17) is 0 Å². The minimum Gasteiger partial charge on any atom is -0.351 e. The van der Waals surface area contributed by atoms with Crippen molar-refractivity contribution in [2.75, 3.05) is 10.6 Å². The van der Waals surface area contributed by atoms with Gasteiger partial charge in [-0.1, -0.05) is 25.3 Å². The molecule has 0 aliphatic heterocycles. The number of aromatic nitrogens is 1. The topological polar surface area (TPSA) is 100 Å². The van der Waals surface area contributed by atoms with E-state index in [0.29, 0.717) is 22.9 Å². The maximum atomic E-state index is 12.8. The van der Waals surface area contributed by atoms with Crippen LogP contribution in [0, 0.1) is 5.92 Å². The van der Waals surface area contributed by atoms with Crippen LogP contribution >= 0.6 is 22.7 Å². The predicted molar refractivity (Wildman–Crippen MR) is 133 cm³/mol. The fourth-order valence-corrected chi connectivity index (χ4v) is 5.47. The highest BCUT2D eigenvalue weighted by atomic mass is 32.1. The van der Waals surface area contributed by atoms with Gasteiger partial charge in [0.25, 0.3) is 5.91 Å². The largest absolute Gasteiger partial charge is 0.351 e. The zero-order valence-corrected chi connectivity index (χ0v) is 20.0. The molecule has 9 heteroatoms. The number of benzene rings is 1. The first kappa shape index (κ1) is 23.1. The van der Waals surface area contributed by atoms with Crippen LogP contribution in [0.2, 0.25) is 0 Å². The van der Waals surface area contributed by atoms with Gasteiger partial charge in [0.1, 0.15) is 0 Å². The number of thiazole rings is 1. The van der Waals surface area contributed by atoms with Crippen LogP contribution in [0.15, 0.2) is 41.8 Å². The van der Waals surface area contributed by atoms with Crippen molar-refractivity contribution in [1.82, 2.24) is 10.3 Å². The van der Waals surface area contributed by atoms with Crippen LogP contribution in [0.5, 0.6) is 0 Å². The lowest BCUT2D eigenvalue weighted by molar-refractivity contribution is -0.121. The first-order valence-corrected chi connectivity index (χ1v) is 12.7. The van der Waals surface area contributed by atoms with Crippen LogP contribution in [0.3, 0.4) is 0 Å². The third-order valence-corrected chi connectivity index (χ3v) is 7.38. The smallest absolute Gasteiger partial charge is 0.257 e. The Labute approximate surface area is 200 Å². The fraction of sp³-hybridized carbons (Fsp3) is 0.333. The molecule has 3 N–H and O–H groups in total. The normalized spacial score (nSPS) is 14.0. The van der Waals surface area contributed by atoms with E-state index < -0.39 is 0 Å². The molecule has 0 radical (unpaired) electrons. The molecule has 1 aromatic carbocycles. The van der Waals surface area contributed by atoms with Gasteiger partial charge >= 0.3 is 0 Å². The van der Waals surface area contributed by atoms with E-state index >= 15 is 0 Å². The summed E-state index contributed by atoms with van der Waals surface area (Å²) in [5, 5.41) is 11.0. The molecule has 1 aliphatic carbocycles. The average molecular weight is 483 g/mol. The van der Waals surface area contributed by atoms with Gasteiger partial charge in [-0.15, -0.1) is 22.7 Å². The summed E-state index contributed by atoms with van der Waals surface area (Å²) in [5.41, 5.74) is 1.87. The minimum absolute atomic E-state index is 0.0330. The van der Waals surface area contributed by atoms with Crippen molar-refractivity contribution in [2.45, 2.75) is 45.6 Å². The molecule has 0 atom stereocenters. The van der Waals surface area contributed by atoms with Gasteiger partial charge in [0.2, 0.25) is 11.8 Å². The molecular weight excluding hydrogens is 456 g/mol. The van der Waals surface area contributed by atoms with Gasteiger partial charge in [0.15, 0.2) is 5.13 Å². The van der Waals surface area contributed by atoms with Gasteiger partial charge in [-0.25, -0.2) is 4.98 Å². The Morgan fingerprint density at radius 3 is 2.67 bits per heavy atom. The highest BCUT2D eigenvalue weighted by Crippen LogP contribution is 2.31. The fourth-order valence-electron chi connectivity index (χ4n) is 3.78. The number of hydrogen-bond donors (Lipinski definition) is 3. The van der Waals surface area contributed by atoms with Crippen molar-refractivity contribution >= 4 is 51.2 Å². The second-order valence-corrected chi connectivity index (χ2v) is 10.1. The monoisotopic (exact) mass is 482 g/mol. The number of nitrogens with zero attached hydrogens (tertiary/aromatic N) is 1. The van der Waals surface area contributed by atoms with Crippen molar-refractivity contribution in [1.29, 1.82) is 0 Å². The molecule has 1 saturated carbocycles. The number of nitrogens with one attached hydrogen (secondary N) is 3. The van der Waals surface area contributed by atoms with Crippen molar-refractivity contribution in [3.8, 4) is 10.6 Å². The first-order valence-electron chi connectivity index (χ1n) is 11.0. The summed E-state index contributed by atoms with van der Waals surface area (Å²) in [4.78, 5) is 42.9. The zero-order valence-electron chi connectivity index (χ0n) is 18.3. The molecule has 2 heterocycles. The van der Waals surface area contributed by atoms with E-state index in [2.05, 4.69) is 20.9 Å². The van der Waals surface area contributed by atoms with Gasteiger partial charge < -0.3 is 10.6 Å². The van der Waals surface area contributed by atoms with Crippen molar-refractivity contribution in [2.24, 2.45) is 5.92 Å². The SMILES string of the molecule is CC(=O)NCc1ccc(-c2csc(NC(=O)c3cccc(NC(=O)C4CCCCC4)c3)n2)s1. The number of amides is 3. The summed E-state index contributed by atoms with van der Waals surface area (Å²) < 4.78 is 0. The molecule has 0 bridgehead atoms. The molecule has 1 fully saturated rings. The Balaban J connectivity index is 1.37. The highest BCUT2D eigenvalue weighted by Gasteiger charge is 2.21. The highest BCUT2D eigenvalue weighted by molar-refractivity contribution is 7.17. The Kier molecular flexibility index (Phi) is 7.51. The molecule has 7 nitrogen and oxygen atoms in total. The molecule has 0 spiro atoms. The molecule has 4 rings (SSSR count). The first-order chi connectivity index (χ1) is 16.0. The Bertz CT molecular complexity index is 1150. The summed E-state index contributed by atoms with van der Waals surface area (Å²) >= 11 is 2.90. The van der Waals surface area contributed by atoms with Crippen molar-refractivity contribution in [3.05, 3.63) is 52.2 Å². The molecule has 2 aromatic heterocycles. The number of rotatable bonds is 7. The number of carbonyl (C=O) groups excluding carboxylic acids is 3. The molecule has 172 valence electrons. The van der Waals surface area contributed by atoms with Crippen LogP contribution in [-0.4, -0.2) is 22.7 Å². The van der Waals surface area contributed by atoms with E-state index in [1.807, 2.05) is 17.5 Å². The molecule has 3 aromatic rings. The molecule has 33 heavy (non-hydrogen) atoms. The Morgan fingerprint density at radius 2 is 1.88 bits per heavy atom. The maximum Gasteiger partial charge on any atom is 0.257 e. The van der Waals surface area contributed by atoms with E-state index in [0.717, 1.165) is 41.1 Å². The lowest BCUT2D eigenvalue weighted by Crippen LogP contribution is -2.24. The van der Waals surface area contributed by atoms with Crippen LogP contribution < -0.4 is 16.0 Å². The van der Waals surface area contributed by atoms with E-state index in [-0.39, 0.29) is 23.6 Å². The average Bonchev–Trinajstić information content (AvgIpc) is 3.48. The third kappa shape index (κ3) is 6.27. The lowest BCUT2D eigenvalue weighted by Gasteiger charge is -2.20. The van der Waals surface area contributed by atoms with Crippen molar-refractivity contribution < 1.29 is 14.4 Å². The van der Waals surface area contributed by atoms with E-state index in [9.17, 15) is 14.4 Å². The predicted octanol–water partition coefficient (Wildman–Crippen LogP) is 5.28. The van der Waals surface area contributed by atoms with Gasteiger partial charge in [-0.2, -0.15) is 0 Å². The van der Waals surface area contributed by atoms with Crippen LogP contribution in [-0.2, 0) is 16.1 Å². The molecule has 3 amide bonds. The van der Waals surface area contributed by atoms with Crippen molar-refractivity contribution in [3.63, 3.8) is 0 Å². The minimum atomic E-state index is -0.276. The quantitative estimate of drug-likeness (QED) is 0.427. The summed E-state index contributed by atoms with van der Waals surface area (Å²) in [5.74, 6) is -0.255. The van der Waals surface area contributed by atoms with Gasteiger partial charge in [0.05, 0.1) is 17.1 Å². The molecule has 1 aliphatic rings. The van der Waals surface area contributed by atoms with Crippen LogP contribution in [0.4, 0.5) is 10.8 Å². The Hall–Kier alpha value is -3.04. The lowest BCUT2D eigenvalue weighted by atomic mass is 9.88. The van der Waals surface area contributed by atoms with E-state index in [1.54, 1.807) is 35.6 Å². The van der Waals surface area contributed by atoms with Gasteiger partial charge in [-0.05, 0) is 43.2 Å². The summed E-state index contributed by atoms with van der Waals surface area (Å²) in [7, 11) is 0. The third-order valence-electron chi connectivity index (χ3n) is 5.52. The maximum absolute atomic E-state index is 12.8. The Morgan fingerprint density at radius 1 is 1.06 bits per heavy atom. The number of carbonyl (C=O) groups is 3. The number of thiophene rings is 1. The molecule has 0 saturated heterocycles. The van der Waals surface area contributed by atoms with E-state index in [1.165, 1.54) is 24.7 Å². The van der Waals surface area contributed by atoms with Gasteiger partial charge in [0, 0.05) is 34.3 Å². The summed E-state index contributed by atoms with van der Waals surface area (Å²) in [6.45, 7) is 1.98. The second-order valence-electron chi connectivity index (χ2n) is 8.07. The summed E-state index contributed by atoms with van der Waals surface area (Å²) in [6.07, 6.45) is 5.24. The van der Waals surface area contributed by atoms with Crippen LogP contribution in [0.25, 0.3) is 10.6 Å². The van der Waals surface area contributed by atoms with Crippen LogP contribution in [0.1, 0.15) is 54.3 Å². The second kappa shape index (κ2) is 10.7.